The fourth-order valence-electron chi connectivity index (χ4n) is 2.49. The van der Waals surface area contributed by atoms with E-state index in [-0.39, 0.29) is 24.2 Å². The van der Waals surface area contributed by atoms with E-state index in [1.165, 1.54) is 6.07 Å². The maximum absolute atomic E-state index is 11.8. The molecule has 1 aromatic carbocycles. The molecule has 0 unspecified atom stereocenters. The predicted molar refractivity (Wildman–Crippen MR) is 90.2 cm³/mol. The van der Waals surface area contributed by atoms with Crippen LogP contribution in [0.1, 0.15) is 33.1 Å². The zero-order valence-corrected chi connectivity index (χ0v) is 14.5. The van der Waals surface area contributed by atoms with Gasteiger partial charge in [-0.25, -0.2) is 5.43 Å². The van der Waals surface area contributed by atoms with Crippen molar-refractivity contribution in [3.05, 3.63) is 28.2 Å². The van der Waals surface area contributed by atoms with Gasteiger partial charge in [-0.15, -0.1) is 0 Å². The Morgan fingerprint density at radius 2 is 2.09 bits per heavy atom. The Hall–Kier alpha value is -1.59. The van der Waals surface area contributed by atoms with Crippen LogP contribution in [0, 0.1) is 5.41 Å². The Balaban J connectivity index is 1.87. The van der Waals surface area contributed by atoms with Crippen LogP contribution in [-0.2, 0) is 9.59 Å². The van der Waals surface area contributed by atoms with E-state index < -0.39 is 5.91 Å². The smallest absolute Gasteiger partial charge is 0.277 e. The zero-order valence-electron chi connectivity index (χ0n) is 13.0. The van der Waals surface area contributed by atoms with Crippen LogP contribution in [0.15, 0.2) is 23.3 Å². The lowest BCUT2D eigenvalue weighted by molar-refractivity contribution is -0.123. The summed E-state index contributed by atoms with van der Waals surface area (Å²) >= 11 is 11.7. The van der Waals surface area contributed by atoms with E-state index in [4.69, 9.17) is 27.9 Å². The molecule has 1 aromatic rings. The number of benzene rings is 1. The SMILES string of the molecule is CC1(C)CC(=O)CC(=NNC(=O)COc2ccc(Cl)cc2Cl)C1. The van der Waals surface area contributed by atoms with Gasteiger partial charge in [-0.1, -0.05) is 37.0 Å². The van der Waals surface area contributed by atoms with E-state index in [9.17, 15) is 9.59 Å². The predicted octanol–water partition coefficient (Wildman–Crippen LogP) is 3.62. The van der Waals surface area contributed by atoms with Gasteiger partial charge in [-0.2, -0.15) is 5.10 Å². The van der Waals surface area contributed by atoms with Crippen molar-refractivity contribution in [2.24, 2.45) is 10.5 Å². The minimum absolute atomic E-state index is 0.119. The van der Waals surface area contributed by atoms with E-state index >= 15 is 0 Å². The van der Waals surface area contributed by atoms with Gasteiger partial charge >= 0.3 is 0 Å². The summed E-state index contributed by atoms with van der Waals surface area (Å²) in [7, 11) is 0. The van der Waals surface area contributed by atoms with Crippen LogP contribution in [0.4, 0.5) is 0 Å². The molecule has 1 fully saturated rings. The third-order valence-corrected chi connectivity index (χ3v) is 3.88. The minimum Gasteiger partial charge on any atom is -0.482 e. The van der Waals surface area contributed by atoms with Crippen molar-refractivity contribution < 1.29 is 14.3 Å². The molecule has 0 spiro atoms. The molecule has 1 saturated carbocycles. The molecule has 5 nitrogen and oxygen atoms in total. The highest BCUT2D eigenvalue weighted by atomic mass is 35.5. The van der Waals surface area contributed by atoms with Crippen molar-refractivity contribution >= 4 is 40.6 Å². The number of Topliss-reactive ketones (excluding diaryl/α,β-unsaturated/α-hetero) is 1. The first-order chi connectivity index (χ1) is 10.7. The van der Waals surface area contributed by atoms with Gasteiger partial charge in [-0.05, 0) is 30.0 Å². The van der Waals surface area contributed by atoms with E-state index in [2.05, 4.69) is 10.5 Å². The van der Waals surface area contributed by atoms with Gasteiger partial charge in [0.2, 0.25) is 0 Å². The van der Waals surface area contributed by atoms with Crippen LogP contribution in [0.2, 0.25) is 10.0 Å². The minimum atomic E-state index is -0.417. The number of amides is 1. The molecular weight excluding hydrogens is 339 g/mol. The van der Waals surface area contributed by atoms with E-state index in [0.717, 1.165) is 0 Å². The van der Waals surface area contributed by atoms with E-state index in [0.29, 0.717) is 34.3 Å². The third kappa shape index (κ3) is 5.52. The summed E-state index contributed by atoms with van der Waals surface area (Å²) < 4.78 is 5.32. The molecule has 0 bridgehead atoms. The van der Waals surface area contributed by atoms with Gasteiger partial charge < -0.3 is 4.74 Å². The van der Waals surface area contributed by atoms with Crippen LogP contribution >= 0.6 is 23.2 Å². The standard InChI is InChI=1S/C16H18Cl2N2O3/c1-16(2)7-11(6-12(21)8-16)19-20-15(22)9-23-14-4-3-10(17)5-13(14)18/h3-5H,6-9H2,1-2H3,(H,20,22). The molecule has 1 amide bonds. The number of ether oxygens (including phenoxy) is 1. The molecule has 7 heteroatoms. The second kappa shape index (κ2) is 7.32. The normalized spacial score (nSPS) is 18.8. The molecule has 1 aliphatic carbocycles. The average molecular weight is 357 g/mol. The van der Waals surface area contributed by atoms with Crippen molar-refractivity contribution in [2.75, 3.05) is 6.61 Å². The maximum Gasteiger partial charge on any atom is 0.277 e. The highest BCUT2D eigenvalue weighted by molar-refractivity contribution is 6.35. The second-order valence-electron chi connectivity index (χ2n) is 6.31. The highest BCUT2D eigenvalue weighted by Gasteiger charge is 2.30. The zero-order chi connectivity index (χ0) is 17.0. The van der Waals surface area contributed by atoms with Gasteiger partial charge in [0, 0.05) is 23.6 Å². The Morgan fingerprint density at radius 1 is 1.35 bits per heavy atom. The van der Waals surface area contributed by atoms with Crippen molar-refractivity contribution in [1.82, 2.24) is 5.43 Å². The lowest BCUT2D eigenvalue weighted by atomic mass is 9.76. The van der Waals surface area contributed by atoms with Gasteiger partial charge in [-0.3, -0.25) is 9.59 Å². The number of carbonyl (C=O) groups is 2. The summed E-state index contributed by atoms with van der Waals surface area (Å²) in [6, 6.07) is 4.75. The molecule has 1 aliphatic rings. The van der Waals surface area contributed by atoms with Crippen molar-refractivity contribution in [3.63, 3.8) is 0 Å². The molecule has 23 heavy (non-hydrogen) atoms. The van der Waals surface area contributed by atoms with Crippen LogP contribution in [-0.4, -0.2) is 24.0 Å². The highest BCUT2D eigenvalue weighted by Crippen LogP contribution is 2.31. The fraction of sp³-hybridized carbons (Fsp3) is 0.438. The quantitative estimate of drug-likeness (QED) is 0.837. The number of rotatable bonds is 4. The molecule has 0 heterocycles. The average Bonchev–Trinajstić information content (AvgIpc) is 2.42. The first-order valence-electron chi connectivity index (χ1n) is 7.19. The first-order valence-corrected chi connectivity index (χ1v) is 7.95. The molecular formula is C16H18Cl2N2O3. The summed E-state index contributed by atoms with van der Waals surface area (Å²) in [4.78, 5) is 23.4. The molecule has 124 valence electrons. The molecule has 0 aliphatic heterocycles. The molecule has 0 radical (unpaired) electrons. The van der Waals surface area contributed by atoms with Gasteiger partial charge in [0.05, 0.1) is 5.02 Å². The number of hydrogen-bond donors (Lipinski definition) is 1. The number of nitrogens with one attached hydrogen (secondary N) is 1. The van der Waals surface area contributed by atoms with Crippen LogP contribution < -0.4 is 10.2 Å². The van der Waals surface area contributed by atoms with Crippen molar-refractivity contribution in [2.45, 2.75) is 33.1 Å². The second-order valence-corrected chi connectivity index (χ2v) is 7.15. The van der Waals surface area contributed by atoms with E-state index in [1.807, 2.05) is 13.8 Å². The number of nitrogens with zero attached hydrogens (tertiary/aromatic N) is 1. The third-order valence-electron chi connectivity index (χ3n) is 3.35. The number of halogens is 2. The summed E-state index contributed by atoms with van der Waals surface area (Å²) in [5.74, 6) is 0.0886. The number of ketones is 1. The maximum atomic E-state index is 11.8. The van der Waals surface area contributed by atoms with Gasteiger partial charge in [0.15, 0.2) is 6.61 Å². The first kappa shape index (κ1) is 17.8. The van der Waals surface area contributed by atoms with Crippen LogP contribution in [0.3, 0.4) is 0 Å². The number of hydrogen-bond acceptors (Lipinski definition) is 4. The van der Waals surface area contributed by atoms with Gasteiger partial charge in [0.25, 0.3) is 5.91 Å². The lowest BCUT2D eigenvalue weighted by Gasteiger charge is -2.28. The Labute approximate surface area is 145 Å². The monoisotopic (exact) mass is 356 g/mol. The summed E-state index contributed by atoms with van der Waals surface area (Å²) in [6.45, 7) is 3.79. The largest absolute Gasteiger partial charge is 0.482 e. The lowest BCUT2D eigenvalue weighted by Crippen LogP contribution is -2.32. The molecule has 1 N–H and O–H groups in total. The fourth-order valence-corrected chi connectivity index (χ4v) is 2.95. The number of hydrazone groups is 1. The summed E-state index contributed by atoms with van der Waals surface area (Å²) in [5.41, 5.74) is 2.98. The molecule has 0 aromatic heterocycles. The molecule has 0 atom stereocenters. The Bertz CT molecular complexity index is 657. The summed E-state index contributed by atoms with van der Waals surface area (Å²) in [5, 5.41) is 4.86. The topological polar surface area (TPSA) is 67.8 Å². The van der Waals surface area contributed by atoms with Gasteiger partial charge in [0.1, 0.15) is 11.5 Å². The van der Waals surface area contributed by atoms with Crippen molar-refractivity contribution in [3.8, 4) is 5.75 Å². The van der Waals surface area contributed by atoms with Crippen molar-refractivity contribution in [1.29, 1.82) is 0 Å². The Kier molecular flexibility index (Phi) is 5.65. The molecule has 2 rings (SSSR count). The number of carbonyl (C=O) groups excluding carboxylic acids is 2. The van der Waals surface area contributed by atoms with Crippen LogP contribution in [0.5, 0.6) is 5.75 Å². The van der Waals surface area contributed by atoms with Crippen LogP contribution in [0.25, 0.3) is 0 Å². The summed E-state index contributed by atoms with van der Waals surface area (Å²) in [6.07, 6.45) is 1.51. The Morgan fingerprint density at radius 3 is 2.74 bits per heavy atom. The molecule has 0 saturated heterocycles. The van der Waals surface area contributed by atoms with E-state index in [1.54, 1.807) is 12.1 Å².